The molecule has 2 aromatic carbocycles. The predicted molar refractivity (Wildman–Crippen MR) is 69.5 cm³/mol. The third-order valence-electron chi connectivity index (χ3n) is 2.47. The van der Waals surface area contributed by atoms with E-state index in [0.29, 0.717) is 5.56 Å². The van der Waals surface area contributed by atoms with Gasteiger partial charge in [0.2, 0.25) is 0 Å². The summed E-state index contributed by atoms with van der Waals surface area (Å²) in [4.78, 5) is 0. The molecule has 0 aliphatic heterocycles. The zero-order valence-corrected chi connectivity index (χ0v) is 10.8. The maximum Gasteiger partial charge on any atom is 0.149 e. The summed E-state index contributed by atoms with van der Waals surface area (Å²) in [7, 11) is 0. The van der Waals surface area contributed by atoms with Crippen LogP contribution in [0.5, 0.6) is 5.75 Å². The molecule has 5 heteroatoms. The van der Waals surface area contributed by atoms with Gasteiger partial charge < -0.3 is 10.4 Å². The highest BCUT2D eigenvalue weighted by Crippen LogP contribution is 2.25. The average molecular weight is 314 g/mol. The van der Waals surface area contributed by atoms with E-state index in [0.717, 1.165) is 6.07 Å². The standard InChI is InChI=1S/C13H10BrF2NO/c14-9-5-12(11(16)6-10(9)15)17-7-8-3-1-2-4-13(8)18/h1-6,17-18H,7H2. The van der Waals surface area contributed by atoms with Crippen molar-refractivity contribution in [2.24, 2.45) is 0 Å². The monoisotopic (exact) mass is 313 g/mol. The maximum absolute atomic E-state index is 13.4. The van der Waals surface area contributed by atoms with Gasteiger partial charge in [-0.15, -0.1) is 0 Å². The van der Waals surface area contributed by atoms with Crippen molar-refractivity contribution >= 4 is 21.6 Å². The molecule has 0 spiro atoms. The SMILES string of the molecule is Oc1ccccc1CNc1cc(Br)c(F)cc1F. The first-order valence-corrected chi connectivity index (χ1v) is 6.02. The lowest BCUT2D eigenvalue weighted by Gasteiger charge is -2.09. The Morgan fingerprint density at radius 1 is 1.11 bits per heavy atom. The molecule has 2 rings (SSSR count). The highest BCUT2D eigenvalue weighted by atomic mass is 79.9. The van der Waals surface area contributed by atoms with Gasteiger partial charge in [-0.2, -0.15) is 0 Å². The largest absolute Gasteiger partial charge is 0.508 e. The van der Waals surface area contributed by atoms with Crippen LogP contribution in [0.1, 0.15) is 5.56 Å². The first-order chi connectivity index (χ1) is 8.58. The molecule has 0 aliphatic rings. The zero-order chi connectivity index (χ0) is 13.1. The van der Waals surface area contributed by atoms with Crippen LogP contribution in [0.15, 0.2) is 40.9 Å². The summed E-state index contributed by atoms with van der Waals surface area (Å²) in [5.74, 6) is -1.20. The molecule has 2 aromatic rings. The van der Waals surface area contributed by atoms with Crippen molar-refractivity contribution in [1.29, 1.82) is 0 Å². The minimum atomic E-state index is -0.675. The van der Waals surface area contributed by atoms with Crippen LogP contribution in [0, 0.1) is 11.6 Å². The van der Waals surface area contributed by atoms with E-state index in [1.165, 1.54) is 6.07 Å². The number of hydrogen-bond acceptors (Lipinski definition) is 2. The van der Waals surface area contributed by atoms with Crippen LogP contribution in [-0.2, 0) is 6.54 Å². The number of anilines is 1. The Kier molecular flexibility index (Phi) is 3.81. The van der Waals surface area contributed by atoms with Crippen LogP contribution in [-0.4, -0.2) is 5.11 Å². The molecule has 0 saturated heterocycles. The lowest BCUT2D eigenvalue weighted by Crippen LogP contribution is -2.02. The molecule has 0 aromatic heterocycles. The molecule has 0 bridgehead atoms. The van der Waals surface area contributed by atoms with Crippen LogP contribution in [0.4, 0.5) is 14.5 Å². The molecule has 18 heavy (non-hydrogen) atoms. The quantitative estimate of drug-likeness (QED) is 0.838. The van der Waals surface area contributed by atoms with E-state index in [-0.39, 0.29) is 22.5 Å². The minimum absolute atomic E-state index is 0.131. The van der Waals surface area contributed by atoms with Gasteiger partial charge in [-0.3, -0.25) is 0 Å². The van der Waals surface area contributed by atoms with Crippen molar-refractivity contribution in [3.8, 4) is 5.75 Å². The summed E-state index contributed by atoms with van der Waals surface area (Å²) in [6, 6.07) is 8.87. The first-order valence-electron chi connectivity index (χ1n) is 5.23. The number of hydrogen-bond donors (Lipinski definition) is 2. The molecular formula is C13H10BrF2NO. The van der Waals surface area contributed by atoms with Crippen LogP contribution in [0.2, 0.25) is 0 Å². The fourth-order valence-electron chi connectivity index (χ4n) is 1.51. The maximum atomic E-state index is 13.4. The van der Waals surface area contributed by atoms with Gasteiger partial charge in [0.05, 0.1) is 10.2 Å². The topological polar surface area (TPSA) is 32.3 Å². The number of benzene rings is 2. The molecule has 0 aliphatic carbocycles. The summed E-state index contributed by atoms with van der Waals surface area (Å²) >= 11 is 2.99. The molecule has 0 fully saturated rings. The van der Waals surface area contributed by atoms with Crippen LogP contribution >= 0.6 is 15.9 Å². The summed E-state index contributed by atoms with van der Waals surface area (Å²) in [6.45, 7) is 0.252. The van der Waals surface area contributed by atoms with E-state index in [2.05, 4.69) is 21.2 Å². The van der Waals surface area contributed by atoms with Gasteiger partial charge in [-0.25, -0.2) is 8.78 Å². The van der Waals surface area contributed by atoms with Crippen molar-refractivity contribution < 1.29 is 13.9 Å². The molecule has 2 N–H and O–H groups in total. The number of nitrogens with one attached hydrogen (secondary N) is 1. The van der Waals surface area contributed by atoms with Crippen LogP contribution in [0.25, 0.3) is 0 Å². The molecule has 0 atom stereocenters. The third-order valence-corrected chi connectivity index (χ3v) is 3.08. The second kappa shape index (κ2) is 5.35. The van der Waals surface area contributed by atoms with Crippen molar-refractivity contribution in [2.45, 2.75) is 6.54 Å². The highest BCUT2D eigenvalue weighted by Gasteiger charge is 2.08. The summed E-state index contributed by atoms with van der Waals surface area (Å²) in [5, 5.41) is 12.4. The Labute approximate surface area is 111 Å². The number of rotatable bonds is 3. The fraction of sp³-hybridized carbons (Fsp3) is 0.0769. The van der Waals surface area contributed by atoms with Gasteiger partial charge >= 0.3 is 0 Å². The van der Waals surface area contributed by atoms with Crippen molar-refractivity contribution in [3.05, 3.63) is 58.1 Å². The Hall–Kier alpha value is -1.62. The molecule has 94 valence electrons. The fourth-order valence-corrected chi connectivity index (χ4v) is 1.85. The molecule has 0 radical (unpaired) electrons. The van der Waals surface area contributed by atoms with Gasteiger partial charge in [0.25, 0.3) is 0 Å². The lowest BCUT2D eigenvalue weighted by molar-refractivity contribution is 0.469. The van der Waals surface area contributed by atoms with Gasteiger partial charge in [-0.05, 0) is 28.1 Å². The van der Waals surface area contributed by atoms with Gasteiger partial charge in [0, 0.05) is 18.2 Å². The Morgan fingerprint density at radius 3 is 2.56 bits per heavy atom. The predicted octanol–water partition coefficient (Wildman–Crippen LogP) is 4.05. The molecule has 0 heterocycles. The number of aromatic hydroxyl groups is 1. The first kappa shape index (κ1) is 12.8. The van der Waals surface area contributed by atoms with E-state index in [9.17, 15) is 13.9 Å². The Bertz CT molecular complexity index is 575. The lowest BCUT2D eigenvalue weighted by atomic mass is 10.2. The third kappa shape index (κ3) is 2.79. The molecular weight excluding hydrogens is 304 g/mol. The highest BCUT2D eigenvalue weighted by molar-refractivity contribution is 9.10. The second-order valence-electron chi connectivity index (χ2n) is 3.73. The normalized spacial score (nSPS) is 10.4. The second-order valence-corrected chi connectivity index (χ2v) is 4.58. The number of para-hydroxylation sites is 1. The molecule has 0 saturated carbocycles. The Morgan fingerprint density at radius 2 is 1.83 bits per heavy atom. The summed E-state index contributed by atoms with van der Waals surface area (Å²) in [5.41, 5.74) is 0.809. The van der Waals surface area contributed by atoms with Crippen molar-refractivity contribution in [2.75, 3.05) is 5.32 Å². The van der Waals surface area contributed by atoms with E-state index in [4.69, 9.17) is 0 Å². The number of halogens is 3. The number of phenolic OH excluding ortho intramolecular Hbond substituents is 1. The van der Waals surface area contributed by atoms with Crippen molar-refractivity contribution in [1.82, 2.24) is 0 Å². The van der Waals surface area contributed by atoms with Crippen LogP contribution in [0.3, 0.4) is 0 Å². The van der Waals surface area contributed by atoms with E-state index < -0.39 is 11.6 Å². The smallest absolute Gasteiger partial charge is 0.149 e. The van der Waals surface area contributed by atoms with Crippen LogP contribution < -0.4 is 5.32 Å². The molecule has 0 amide bonds. The number of phenols is 1. The average Bonchev–Trinajstić information content (AvgIpc) is 2.34. The minimum Gasteiger partial charge on any atom is -0.508 e. The van der Waals surface area contributed by atoms with E-state index in [1.54, 1.807) is 24.3 Å². The van der Waals surface area contributed by atoms with E-state index in [1.807, 2.05) is 0 Å². The zero-order valence-electron chi connectivity index (χ0n) is 9.25. The van der Waals surface area contributed by atoms with Crippen molar-refractivity contribution in [3.63, 3.8) is 0 Å². The molecule has 0 unspecified atom stereocenters. The van der Waals surface area contributed by atoms with Gasteiger partial charge in [0.1, 0.15) is 17.4 Å². The Balaban J connectivity index is 2.16. The molecule has 2 nitrogen and oxygen atoms in total. The summed E-state index contributed by atoms with van der Waals surface area (Å²) in [6.07, 6.45) is 0. The van der Waals surface area contributed by atoms with E-state index >= 15 is 0 Å². The van der Waals surface area contributed by atoms with Gasteiger partial charge in [0.15, 0.2) is 0 Å². The van der Waals surface area contributed by atoms with Gasteiger partial charge in [-0.1, -0.05) is 18.2 Å². The summed E-state index contributed by atoms with van der Waals surface area (Å²) < 4.78 is 26.7.